The van der Waals surface area contributed by atoms with Crippen LogP contribution in [0, 0.1) is 18.8 Å². The van der Waals surface area contributed by atoms with Crippen molar-refractivity contribution in [1.82, 2.24) is 10.3 Å². The maximum Gasteiger partial charge on any atom is 0.216 e. The van der Waals surface area contributed by atoms with Crippen molar-refractivity contribution in [3.8, 4) is 11.8 Å². The van der Waals surface area contributed by atoms with E-state index in [-0.39, 0.29) is 5.91 Å². The van der Waals surface area contributed by atoms with Gasteiger partial charge in [-0.25, -0.2) is 4.98 Å². The summed E-state index contributed by atoms with van der Waals surface area (Å²) in [6, 6.07) is 1.89. The first-order valence-corrected chi connectivity index (χ1v) is 5.33. The number of carbonyl (C=O) groups excluding carboxylic acids is 1. The van der Waals surface area contributed by atoms with Gasteiger partial charge in [-0.1, -0.05) is 23.4 Å². The van der Waals surface area contributed by atoms with Crippen LogP contribution in [0.2, 0.25) is 5.15 Å². The molecule has 0 aromatic carbocycles. The van der Waals surface area contributed by atoms with E-state index in [1.54, 1.807) is 6.20 Å². The Kier molecular flexibility index (Phi) is 4.81. The van der Waals surface area contributed by atoms with Gasteiger partial charge in [-0.3, -0.25) is 4.79 Å². The van der Waals surface area contributed by atoms with Gasteiger partial charge in [0.15, 0.2) is 0 Å². The SMILES string of the molecule is CC(=O)NCCC#Cc1cnc(Cl)c(C)c1. The summed E-state index contributed by atoms with van der Waals surface area (Å²) < 4.78 is 0. The molecule has 0 bridgehead atoms. The average molecular weight is 237 g/mol. The molecule has 1 amide bonds. The first-order valence-electron chi connectivity index (χ1n) is 4.95. The van der Waals surface area contributed by atoms with E-state index in [9.17, 15) is 4.79 Å². The van der Waals surface area contributed by atoms with Crippen molar-refractivity contribution < 1.29 is 4.79 Å². The zero-order chi connectivity index (χ0) is 12.0. The molecule has 0 spiro atoms. The fraction of sp³-hybridized carbons (Fsp3) is 0.333. The number of rotatable bonds is 2. The van der Waals surface area contributed by atoms with E-state index in [0.29, 0.717) is 18.1 Å². The van der Waals surface area contributed by atoms with Gasteiger partial charge >= 0.3 is 0 Å². The molecule has 1 heterocycles. The van der Waals surface area contributed by atoms with Gasteiger partial charge in [-0.15, -0.1) is 0 Å². The van der Waals surface area contributed by atoms with E-state index in [2.05, 4.69) is 22.1 Å². The van der Waals surface area contributed by atoms with Crippen molar-refractivity contribution in [1.29, 1.82) is 0 Å². The second-order valence-corrected chi connectivity index (χ2v) is 3.72. The summed E-state index contributed by atoms with van der Waals surface area (Å²) >= 11 is 5.79. The zero-order valence-corrected chi connectivity index (χ0v) is 10.1. The lowest BCUT2D eigenvalue weighted by molar-refractivity contribution is -0.118. The molecule has 0 aliphatic carbocycles. The number of amides is 1. The first-order chi connectivity index (χ1) is 7.59. The van der Waals surface area contributed by atoms with Crippen LogP contribution in [-0.2, 0) is 4.79 Å². The molecule has 0 atom stereocenters. The highest BCUT2D eigenvalue weighted by molar-refractivity contribution is 6.30. The van der Waals surface area contributed by atoms with Crippen molar-refractivity contribution in [2.45, 2.75) is 20.3 Å². The monoisotopic (exact) mass is 236 g/mol. The summed E-state index contributed by atoms with van der Waals surface area (Å²) in [4.78, 5) is 14.6. The molecule has 1 aromatic rings. The van der Waals surface area contributed by atoms with Crippen LogP contribution < -0.4 is 5.32 Å². The molecule has 3 nitrogen and oxygen atoms in total. The standard InChI is InChI=1S/C12H13ClN2O/c1-9-7-11(8-15-12(9)13)5-3-4-6-14-10(2)16/h7-8H,4,6H2,1-2H3,(H,14,16). The molecule has 16 heavy (non-hydrogen) atoms. The highest BCUT2D eigenvalue weighted by atomic mass is 35.5. The van der Waals surface area contributed by atoms with Crippen LogP contribution in [0.15, 0.2) is 12.3 Å². The molecule has 0 fully saturated rings. The van der Waals surface area contributed by atoms with Crippen molar-refractivity contribution in [3.63, 3.8) is 0 Å². The molecule has 0 unspecified atom stereocenters. The second kappa shape index (κ2) is 6.14. The maximum absolute atomic E-state index is 10.6. The molecule has 0 aliphatic heterocycles. The zero-order valence-electron chi connectivity index (χ0n) is 9.30. The third-order valence-corrected chi connectivity index (χ3v) is 2.27. The van der Waals surface area contributed by atoms with Crippen molar-refractivity contribution in [3.05, 3.63) is 28.5 Å². The minimum atomic E-state index is -0.0363. The van der Waals surface area contributed by atoms with E-state index in [1.807, 2.05) is 13.0 Å². The maximum atomic E-state index is 10.6. The van der Waals surface area contributed by atoms with Crippen LogP contribution >= 0.6 is 11.6 Å². The lowest BCUT2D eigenvalue weighted by Crippen LogP contribution is -2.20. The highest BCUT2D eigenvalue weighted by Crippen LogP contribution is 2.11. The summed E-state index contributed by atoms with van der Waals surface area (Å²) in [5.41, 5.74) is 1.75. The smallest absolute Gasteiger partial charge is 0.216 e. The molecule has 4 heteroatoms. The highest BCUT2D eigenvalue weighted by Gasteiger charge is 1.95. The number of aromatic nitrogens is 1. The number of nitrogens with one attached hydrogen (secondary N) is 1. The molecule has 0 saturated carbocycles. The van der Waals surface area contributed by atoms with E-state index in [1.165, 1.54) is 6.92 Å². The van der Waals surface area contributed by atoms with Crippen LogP contribution in [0.25, 0.3) is 0 Å². The lowest BCUT2D eigenvalue weighted by Gasteiger charge is -1.96. The Hall–Kier alpha value is -1.53. The van der Waals surface area contributed by atoms with Gasteiger partial charge in [0.2, 0.25) is 5.91 Å². The fourth-order valence-corrected chi connectivity index (χ4v) is 1.20. The molecule has 1 N–H and O–H groups in total. The number of nitrogens with zero attached hydrogens (tertiary/aromatic N) is 1. The average Bonchev–Trinajstić information content (AvgIpc) is 2.22. The molecule has 0 saturated heterocycles. The number of hydrogen-bond acceptors (Lipinski definition) is 2. The second-order valence-electron chi connectivity index (χ2n) is 3.37. The van der Waals surface area contributed by atoms with Crippen LogP contribution in [0.1, 0.15) is 24.5 Å². The topological polar surface area (TPSA) is 42.0 Å². The molecular formula is C12H13ClN2O. The Bertz CT molecular complexity index is 446. The minimum absolute atomic E-state index is 0.0363. The normalized spacial score (nSPS) is 9.19. The van der Waals surface area contributed by atoms with Crippen LogP contribution in [0.4, 0.5) is 0 Å². The van der Waals surface area contributed by atoms with Gasteiger partial charge in [0.25, 0.3) is 0 Å². The number of halogens is 1. The lowest BCUT2D eigenvalue weighted by atomic mass is 10.2. The number of carbonyl (C=O) groups is 1. The number of hydrogen-bond donors (Lipinski definition) is 1. The van der Waals surface area contributed by atoms with Gasteiger partial charge in [0.1, 0.15) is 5.15 Å². The predicted molar refractivity (Wildman–Crippen MR) is 64.2 cm³/mol. The van der Waals surface area contributed by atoms with Crippen molar-refractivity contribution in [2.75, 3.05) is 6.54 Å². The van der Waals surface area contributed by atoms with Gasteiger partial charge < -0.3 is 5.32 Å². The molecule has 1 aromatic heterocycles. The summed E-state index contributed by atoms with van der Waals surface area (Å²) in [5.74, 6) is 5.88. The van der Waals surface area contributed by atoms with E-state index >= 15 is 0 Å². The minimum Gasteiger partial charge on any atom is -0.355 e. The molecule has 84 valence electrons. The fourth-order valence-electron chi connectivity index (χ4n) is 1.09. The Balaban J connectivity index is 2.50. The molecule has 0 aliphatic rings. The predicted octanol–water partition coefficient (Wildman–Crippen LogP) is 1.92. The van der Waals surface area contributed by atoms with Crippen LogP contribution in [0.5, 0.6) is 0 Å². The molecule has 1 rings (SSSR count). The Labute approximate surface area is 100 Å². The molecule has 0 radical (unpaired) electrons. The van der Waals surface area contributed by atoms with E-state index in [4.69, 9.17) is 11.6 Å². The van der Waals surface area contributed by atoms with Gasteiger partial charge in [0.05, 0.1) is 0 Å². The summed E-state index contributed by atoms with van der Waals surface area (Å²) in [6.07, 6.45) is 2.27. The Morgan fingerprint density at radius 3 is 3.00 bits per heavy atom. The Morgan fingerprint density at radius 1 is 1.62 bits per heavy atom. The van der Waals surface area contributed by atoms with Crippen molar-refractivity contribution in [2.24, 2.45) is 0 Å². The molecular weight excluding hydrogens is 224 g/mol. The van der Waals surface area contributed by atoms with Gasteiger partial charge in [0, 0.05) is 31.6 Å². The van der Waals surface area contributed by atoms with E-state index in [0.717, 1.165) is 11.1 Å². The van der Waals surface area contributed by atoms with Crippen LogP contribution in [0.3, 0.4) is 0 Å². The van der Waals surface area contributed by atoms with Gasteiger partial charge in [-0.2, -0.15) is 0 Å². The number of pyridine rings is 1. The third-order valence-electron chi connectivity index (χ3n) is 1.87. The Morgan fingerprint density at radius 2 is 2.38 bits per heavy atom. The largest absolute Gasteiger partial charge is 0.355 e. The quantitative estimate of drug-likeness (QED) is 0.484. The number of aryl methyl sites for hydroxylation is 1. The van der Waals surface area contributed by atoms with Gasteiger partial charge in [-0.05, 0) is 18.6 Å². The third kappa shape index (κ3) is 4.33. The first kappa shape index (κ1) is 12.5. The summed E-state index contributed by atoms with van der Waals surface area (Å²) in [7, 11) is 0. The van der Waals surface area contributed by atoms with Crippen LogP contribution in [-0.4, -0.2) is 17.4 Å². The summed E-state index contributed by atoms with van der Waals surface area (Å²) in [6.45, 7) is 3.94. The van der Waals surface area contributed by atoms with E-state index < -0.39 is 0 Å². The van der Waals surface area contributed by atoms with Crippen molar-refractivity contribution >= 4 is 17.5 Å². The summed E-state index contributed by atoms with van der Waals surface area (Å²) in [5, 5.41) is 3.18.